The molecule has 1 rings (SSSR count). The largest absolute Gasteiger partial charge is 0.274 e. The lowest BCUT2D eigenvalue weighted by molar-refractivity contribution is -0.119. The topological polar surface area (TPSA) is 76.1 Å². The van der Waals surface area contributed by atoms with Gasteiger partial charge in [0.1, 0.15) is 0 Å². The number of hydrogen-bond donors (Lipinski definition) is 1. The molecule has 0 aromatic carbocycles. The second-order valence-electron chi connectivity index (χ2n) is 5.06. The molecular weight excluding hydrogens is 276 g/mol. The second kappa shape index (κ2) is 7.38. The van der Waals surface area contributed by atoms with Crippen LogP contribution < -0.4 is 4.72 Å². The van der Waals surface area contributed by atoms with Crippen LogP contribution in [0, 0.1) is 0 Å². The molecule has 0 saturated heterocycles. The van der Waals surface area contributed by atoms with Gasteiger partial charge >= 0.3 is 0 Å². The Bertz CT molecular complexity index is 529. The highest BCUT2D eigenvalue weighted by Gasteiger charge is 2.23. The first kappa shape index (κ1) is 16.6. The van der Waals surface area contributed by atoms with E-state index in [-0.39, 0.29) is 12.3 Å². The van der Waals surface area contributed by atoms with Crippen molar-refractivity contribution >= 4 is 15.9 Å². The Hall–Kier alpha value is -1.43. The van der Waals surface area contributed by atoms with Gasteiger partial charge in [-0.05, 0) is 37.0 Å². The highest BCUT2D eigenvalue weighted by atomic mass is 32.2. The van der Waals surface area contributed by atoms with Gasteiger partial charge in [-0.25, -0.2) is 8.42 Å². The van der Waals surface area contributed by atoms with E-state index < -0.39 is 21.2 Å². The molecule has 1 amide bonds. The van der Waals surface area contributed by atoms with Gasteiger partial charge in [-0.3, -0.25) is 14.5 Å². The molecular formula is C14H22N2O3S. The first-order valence-corrected chi connectivity index (χ1v) is 8.35. The standard InChI is InChI=1S/C14H22N2O3S/c1-4-5-12(3)20(18,19)16-14(17)10-11(2)13-6-8-15-9-7-13/h6-9,11-12H,4-5,10H2,1-3H3,(H,16,17)/t11-,12+/m0/s1. The first-order valence-electron chi connectivity index (χ1n) is 6.81. The van der Waals surface area contributed by atoms with E-state index in [1.54, 1.807) is 19.3 Å². The normalized spacial score (nSPS) is 14.6. The maximum Gasteiger partial charge on any atom is 0.237 e. The van der Waals surface area contributed by atoms with Crippen LogP contribution in [-0.4, -0.2) is 24.6 Å². The molecule has 0 aliphatic rings. The van der Waals surface area contributed by atoms with Crippen molar-refractivity contribution in [2.45, 2.75) is 51.2 Å². The number of amides is 1. The van der Waals surface area contributed by atoms with Gasteiger partial charge in [0.25, 0.3) is 0 Å². The van der Waals surface area contributed by atoms with Crippen molar-refractivity contribution in [3.05, 3.63) is 30.1 Å². The van der Waals surface area contributed by atoms with Crippen molar-refractivity contribution in [2.24, 2.45) is 0 Å². The second-order valence-corrected chi connectivity index (χ2v) is 7.15. The molecule has 1 N–H and O–H groups in total. The first-order chi connectivity index (χ1) is 9.36. The zero-order valence-corrected chi connectivity index (χ0v) is 13.0. The molecule has 0 aliphatic carbocycles. The van der Waals surface area contributed by atoms with E-state index in [0.29, 0.717) is 6.42 Å². The third-order valence-corrected chi connectivity index (χ3v) is 5.06. The molecule has 20 heavy (non-hydrogen) atoms. The lowest BCUT2D eigenvalue weighted by Gasteiger charge is -2.15. The Morgan fingerprint density at radius 2 is 1.90 bits per heavy atom. The van der Waals surface area contributed by atoms with Crippen LogP contribution in [0.2, 0.25) is 0 Å². The summed E-state index contributed by atoms with van der Waals surface area (Å²) in [6.45, 7) is 5.42. The van der Waals surface area contributed by atoms with Gasteiger partial charge in [0, 0.05) is 18.8 Å². The Kier molecular flexibility index (Phi) is 6.13. The lowest BCUT2D eigenvalue weighted by atomic mass is 9.99. The minimum atomic E-state index is -3.56. The molecule has 2 atom stereocenters. The van der Waals surface area contributed by atoms with Crippen LogP contribution in [0.1, 0.15) is 51.5 Å². The number of aromatic nitrogens is 1. The molecule has 5 nitrogen and oxygen atoms in total. The molecule has 6 heteroatoms. The van der Waals surface area contributed by atoms with Crippen LogP contribution in [0.25, 0.3) is 0 Å². The lowest BCUT2D eigenvalue weighted by Crippen LogP contribution is -2.37. The summed E-state index contributed by atoms with van der Waals surface area (Å²) in [5.74, 6) is -0.507. The van der Waals surface area contributed by atoms with Crippen molar-refractivity contribution in [1.29, 1.82) is 0 Å². The monoisotopic (exact) mass is 298 g/mol. The van der Waals surface area contributed by atoms with E-state index in [0.717, 1.165) is 12.0 Å². The quantitative estimate of drug-likeness (QED) is 0.837. The van der Waals surface area contributed by atoms with E-state index in [4.69, 9.17) is 0 Å². The molecule has 0 unspecified atom stereocenters. The fourth-order valence-electron chi connectivity index (χ4n) is 1.95. The van der Waals surface area contributed by atoms with Crippen LogP contribution in [0.5, 0.6) is 0 Å². The zero-order chi connectivity index (χ0) is 15.2. The summed E-state index contributed by atoms with van der Waals surface area (Å²) in [4.78, 5) is 15.8. The van der Waals surface area contributed by atoms with Crippen molar-refractivity contribution in [3.63, 3.8) is 0 Å². The molecule has 1 aromatic heterocycles. The Balaban J connectivity index is 2.60. The summed E-state index contributed by atoms with van der Waals surface area (Å²) in [5, 5.41) is -0.548. The van der Waals surface area contributed by atoms with Crippen LogP contribution in [0.3, 0.4) is 0 Å². The van der Waals surface area contributed by atoms with Crippen LogP contribution in [-0.2, 0) is 14.8 Å². The summed E-state index contributed by atoms with van der Waals surface area (Å²) < 4.78 is 26.0. The average Bonchev–Trinajstić information content (AvgIpc) is 2.39. The number of nitrogens with one attached hydrogen (secondary N) is 1. The average molecular weight is 298 g/mol. The van der Waals surface area contributed by atoms with Crippen LogP contribution >= 0.6 is 0 Å². The SMILES string of the molecule is CCC[C@@H](C)S(=O)(=O)NC(=O)C[C@H](C)c1ccncc1. The molecule has 0 saturated carbocycles. The van der Waals surface area contributed by atoms with Gasteiger partial charge in [-0.15, -0.1) is 0 Å². The predicted molar refractivity (Wildman–Crippen MR) is 78.7 cm³/mol. The van der Waals surface area contributed by atoms with Gasteiger partial charge in [0.15, 0.2) is 0 Å². The number of carbonyl (C=O) groups excluding carboxylic acids is 1. The molecule has 0 radical (unpaired) electrons. The highest BCUT2D eigenvalue weighted by molar-refractivity contribution is 7.90. The van der Waals surface area contributed by atoms with E-state index in [1.807, 2.05) is 26.0 Å². The summed E-state index contributed by atoms with van der Waals surface area (Å²) in [6, 6.07) is 3.65. The fraction of sp³-hybridized carbons (Fsp3) is 0.571. The van der Waals surface area contributed by atoms with E-state index in [2.05, 4.69) is 9.71 Å². The van der Waals surface area contributed by atoms with Crippen molar-refractivity contribution < 1.29 is 13.2 Å². The molecule has 1 heterocycles. The maximum atomic E-state index is 11.9. The number of nitrogens with zero attached hydrogens (tertiary/aromatic N) is 1. The summed E-state index contributed by atoms with van der Waals surface area (Å²) in [7, 11) is -3.56. The molecule has 1 aromatic rings. The molecule has 0 spiro atoms. The Labute approximate surface area is 120 Å². The van der Waals surface area contributed by atoms with Crippen LogP contribution in [0.15, 0.2) is 24.5 Å². The van der Waals surface area contributed by atoms with Gasteiger partial charge in [-0.2, -0.15) is 0 Å². The number of hydrogen-bond acceptors (Lipinski definition) is 4. The molecule has 112 valence electrons. The third kappa shape index (κ3) is 4.92. The Morgan fingerprint density at radius 1 is 1.30 bits per heavy atom. The fourth-order valence-corrected chi connectivity index (χ4v) is 3.10. The van der Waals surface area contributed by atoms with E-state index in [1.165, 1.54) is 0 Å². The van der Waals surface area contributed by atoms with Crippen molar-refractivity contribution in [2.75, 3.05) is 0 Å². The Morgan fingerprint density at radius 3 is 2.45 bits per heavy atom. The minimum Gasteiger partial charge on any atom is -0.274 e. The molecule has 0 bridgehead atoms. The molecule has 0 fully saturated rings. The maximum absolute atomic E-state index is 11.9. The number of rotatable bonds is 7. The number of sulfonamides is 1. The van der Waals surface area contributed by atoms with Gasteiger partial charge < -0.3 is 0 Å². The smallest absolute Gasteiger partial charge is 0.237 e. The molecule has 0 aliphatic heterocycles. The minimum absolute atomic E-state index is 0.0466. The van der Waals surface area contributed by atoms with E-state index in [9.17, 15) is 13.2 Å². The van der Waals surface area contributed by atoms with Gasteiger partial charge in [0.2, 0.25) is 15.9 Å². The van der Waals surface area contributed by atoms with Crippen LogP contribution in [0.4, 0.5) is 0 Å². The van der Waals surface area contributed by atoms with E-state index >= 15 is 0 Å². The van der Waals surface area contributed by atoms with Crippen molar-refractivity contribution in [3.8, 4) is 0 Å². The van der Waals surface area contributed by atoms with Gasteiger partial charge in [0.05, 0.1) is 5.25 Å². The zero-order valence-electron chi connectivity index (χ0n) is 12.2. The number of pyridine rings is 1. The van der Waals surface area contributed by atoms with Gasteiger partial charge in [-0.1, -0.05) is 20.3 Å². The van der Waals surface area contributed by atoms with Crippen molar-refractivity contribution in [1.82, 2.24) is 9.71 Å². The number of carbonyl (C=O) groups is 1. The third-order valence-electron chi connectivity index (χ3n) is 3.25. The summed E-state index contributed by atoms with van der Waals surface area (Å²) in [6.07, 6.45) is 4.77. The highest BCUT2D eigenvalue weighted by Crippen LogP contribution is 2.18. The summed E-state index contributed by atoms with van der Waals surface area (Å²) in [5.41, 5.74) is 0.967. The summed E-state index contributed by atoms with van der Waals surface area (Å²) >= 11 is 0. The predicted octanol–water partition coefficient (Wildman–Crippen LogP) is 2.21.